The topological polar surface area (TPSA) is 86.7 Å². The van der Waals surface area contributed by atoms with E-state index in [9.17, 15) is 5.11 Å². The second kappa shape index (κ2) is 4.40. The minimum Gasteiger partial charge on any atom is -0.492 e. The number of rotatable bonds is 1. The number of aromatic nitrogens is 3. The molecule has 0 aliphatic carbocycles. The summed E-state index contributed by atoms with van der Waals surface area (Å²) in [5.74, 6) is 0.387. The van der Waals surface area contributed by atoms with Crippen molar-refractivity contribution in [2.24, 2.45) is 0 Å². The lowest BCUT2D eigenvalue weighted by Crippen LogP contribution is -2.36. The van der Waals surface area contributed by atoms with Crippen LogP contribution in [0, 0.1) is 18.3 Å². The number of ether oxygens (including phenoxy) is 1. The average Bonchev–Trinajstić information content (AvgIpc) is 2.84. The zero-order chi connectivity index (χ0) is 13.4. The maximum atomic E-state index is 10.0. The molecule has 2 aromatic heterocycles. The van der Waals surface area contributed by atoms with E-state index in [4.69, 9.17) is 10.00 Å². The third-order valence-electron chi connectivity index (χ3n) is 3.19. The first-order valence-corrected chi connectivity index (χ1v) is 6.03. The summed E-state index contributed by atoms with van der Waals surface area (Å²) in [5, 5.41) is 23.3. The molecule has 1 aliphatic rings. The third-order valence-corrected chi connectivity index (χ3v) is 3.19. The van der Waals surface area contributed by atoms with E-state index in [1.54, 1.807) is 13.0 Å². The molecule has 3 rings (SSSR count). The molecule has 0 amide bonds. The highest BCUT2D eigenvalue weighted by atomic mass is 16.5. The molecule has 19 heavy (non-hydrogen) atoms. The number of morpholine rings is 1. The van der Waals surface area contributed by atoms with Crippen LogP contribution in [0.1, 0.15) is 11.1 Å². The molecule has 1 N–H and O–H groups in total. The molecular formula is C12H13N5O2. The van der Waals surface area contributed by atoms with Crippen LogP contribution in [0.15, 0.2) is 6.07 Å². The van der Waals surface area contributed by atoms with Crippen molar-refractivity contribution >= 4 is 11.6 Å². The highest BCUT2D eigenvalue weighted by Gasteiger charge is 2.19. The van der Waals surface area contributed by atoms with Crippen molar-refractivity contribution in [1.29, 1.82) is 5.26 Å². The highest BCUT2D eigenvalue weighted by Crippen LogP contribution is 2.23. The molecule has 2 aromatic rings. The van der Waals surface area contributed by atoms with E-state index in [-0.39, 0.29) is 11.4 Å². The van der Waals surface area contributed by atoms with E-state index in [0.29, 0.717) is 30.4 Å². The van der Waals surface area contributed by atoms with E-state index >= 15 is 0 Å². The number of hydrogen-bond donors (Lipinski definition) is 1. The van der Waals surface area contributed by atoms with Gasteiger partial charge in [0.25, 0.3) is 0 Å². The first-order valence-electron chi connectivity index (χ1n) is 6.03. The van der Waals surface area contributed by atoms with Gasteiger partial charge in [0.15, 0.2) is 5.65 Å². The van der Waals surface area contributed by atoms with Gasteiger partial charge >= 0.3 is 0 Å². The van der Waals surface area contributed by atoms with Crippen molar-refractivity contribution < 1.29 is 9.84 Å². The molecule has 0 unspecified atom stereocenters. The van der Waals surface area contributed by atoms with Gasteiger partial charge in [-0.2, -0.15) is 14.8 Å². The Morgan fingerprint density at radius 1 is 1.42 bits per heavy atom. The fourth-order valence-electron chi connectivity index (χ4n) is 2.15. The van der Waals surface area contributed by atoms with Gasteiger partial charge in [-0.3, -0.25) is 0 Å². The molecule has 0 atom stereocenters. The second-order valence-electron chi connectivity index (χ2n) is 4.42. The van der Waals surface area contributed by atoms with Crippen molar-refractivity contribution in [1.82, 2.24) is 14.6 Å². The maximum absolute atomic E-state index is 10.0. The molecule has 98 valence electrons. The van der Waals surface area contributed by atoms with Gasteiger partial charge < -0.3 is 14.7 Å². The lowest BCUT2D eigenvalue weighted by molar-refractivity contribution is 0.122. The molecule has 0 spiro atoms. The largest absolute Gasteiger partial charge is 0.492 e. The Labute approximate surface area is 109 Å². The molecule has 0 aromatic carbocycles. The molecule has 0 saturated carbocycles. The van der Waals surface area contributed by atoms with E-state index in [1.165, 1.54) is 4.52 Å². The van der Waals surface area contributed by atoms with Crippen molar-refractivity contribution in [3.63, 3.8) is 0 Å². The number of aryl methyl sites for hydroxylation is 1. The zero-order valence-corrected chi connectivity index (χ0v) is 10.5. The van der Waals surface area contributed by atoms with Crippen LogP contribution in [0.2, 0.25) is 0 Å². The van der Waals surface area contributed by atoms with Crippen LogP contribution in [0.3, 0.4) is 0 Å². The number of anilines is 1. The summed E-state index contributed by atoms with van der Waals surface area (Å²) in [6, 6.07) is 3.72. The lowest BCUT2D eigenvalue weighted by atomic mass is 10.2. The van der Waals surface area contributed by atoms with Crippen molar-refractivity contribution in [3.05, 3.63) is 17.2 Å². The fraction of sp³-hybridized carbons (Fsp3) is 0.417. The Morgan fingerprint density at radius 2 is 2.16 bits per heavy atom. The minimum atomic E-state index is -0.162. The second-order valence-corrected chi connectivity index (χ2v) is 4.42. The molecular weight excluding hydrogens is 246 g/mol. The predicted octanol–water partition coefficient (Wildman–Crippen LogP) is 0.452. The Bertz CT molecular complexity index is 667. The molecule has 1 aliphatic heterocycles. The van der Waals surface area contributed by atoms with Gasteiger partial charge in [-0.15, -0.1) is 5.10 Å². The quantitative estimate of drug-likeness (QED) is 0.800. The van der Waals surface area contributed by atoms with Gasteiger partial charge in [0.05, 0.1) is 13.2 Å². The molecule has 1 saturated heterocycles. The smallest absolute Gasteiger partial charge is 0.245 e. The van der Waals surface area contributed by atoms with E-state index in [2.05, 4.69) is 10.1 Å². The summed E-state index contributed by atoms with van der Waals surface area (Å²) >= 11 is 0. The Morgan fingerprint density at radius 3 is 2.84 bits per heavy atom. The number of fused-ring (bicyclic) bond motifs is 1. The van der Waals surface area contributed by atoms with Crippen LogP contribution >= 0.6 is 0 Å². The van der Waals surface area contributed by atoms with E-state index in [1.807, 2.05) is 11.0 Å². The molecule has 1 fully saturated rings. The first kappa shape index (κ1) is 11.7. The Balaban J connectivity index is 2.10. The molecule has 7 heteroatoms. The van der Waals surface area contributed by atoms with Gasteiger partial charge in [0, 0.05) is 13.1 Å². The molecule has 7 nitrogen and oxygen atoms in total. The molecule has 0 radical (unpaired) electrons. The Kier molecular flexibility index (Phi) is 2.72. The Hall–Kier alpha value is -2.33. The van der Waals surface area contributed by atoms with Crippen molar-refractivity contribution in [2.75, 3.05) is 31.2 Å². The van der Waals surface area contributed by atoms with Crippen LogP contribution in [0.5, 0.6) is 5.88 Å². The lowest BCUT2D eigenvalue weighted by Gasteiger charge is -2.25. The third kappa shape index (κ3) is 1.86. The van der Waals surface area contributed by atoms with Gasteiger partial charge in [-0.25, -0.2) is 0 Å². The summed E-state index contributed by atoms with van der Waals surface area (Å²) < 4.78 is 6.58. The summed E-state index contributed by atoms with van der Waals surface area (Å²) in [6.45, 7) is 4.50. The van der Waals surface area contributed by atoms with Gasteiger partial charge in [0.2, 0.25) is 11.8 Å². The highest BCUT2D eigenvalue weighted by molar-refractivity contribution is 5.56. The summed E-state index contributed by atoms with van der Waals surface area (Å²) in [6.07, 6.45) is 0. The normalized spacial score (nSPS) is 15.7. The summed E-state index contributed by atoms with van der Waals surface area (Å²) in [7, 11) is 0. The first-order chi connectivity index (χ1) is 9.20. The number of nitrogens with zero attached hydrogens (tertiary/aromatic N) is 5. The van der Waals surface area contributed by atoms with Crippen LogP contribution in [0.25, 0.3) is 5.65 Å². The monoisotopic (exact) mass is 259 g/mol. The minimum absolute atomic E-state index is 0.162. The summed E-state index contributed by atoms with van der Waals surface area (Å²) in [5.41, 5.74) is 1.45. The van der Waals surface area contributed by atoms with E-state index in [0.717, 1.165) is 13.1 Å². The molecule has 3 heterocycles. The number of nitriles is 1. The fourth-order valence-corrected chi connectivity index (χ4v) is 2.15. The van der Waals surface area contributed by atoms with Crippen LogP contribution in [-0.4, -0.2) is 46.0 Å². The number of hydrogen-bond acceptors (Lipinski definition) is 6. The zero-order valence-electron chi connectivity index (χ0n) is 10.5. The van der Waals surface area contributed by atoms with Crippen LogP contribution < -0.4 is 4.90 Å². The number of aromatic hydroxyl groups is 1. The SMILES string of the molecule is Cc1cc2nc(N3CCOCC3)nn2c(O)c1C#N. The standard InChI is InChI=1S/C12H13N5O2/c1-8-6-10-14-12(16-2-4-19-5-3-16)15-17(10)11(18)9(8)7-13/h6,18H,2-5H2,1H3. The van der Waals surface area contributed by atoms with Crippen molar-refractivity contribution in [3.8, 4) is 11.9 Å². The summed E-state index contributed by atoms with van der Waals surface area (Å²) in [4.78, 5) is 6.38. The van der Waals surface area contributed by atoms with Crippen LogP contribution in [-0.2, 0) is 4.74 Å². The molecule has 0 bridgehead atoms. The van der Waals surface area contributed by atoms with Gasteiger partial charge in [-0.1, -0.05) is 0 Å². The van der Waals surface area contributed by atoms with Crippen molar-refractivity contribution in [2.45, 2.75) is 6.92 Å². The van der Waals surface area contributed by atoms with Gasteiger partial charge in [0.1, 0.15) is 11.6 Å². The maximum Gasteiger partial charge on any atom is 0.245 e. The van der Waals surface area contributed by atoms with E-state index < -0.39 is 0 Å². The number of pyridine rings is 1. The van der Waals surface area contributed by atoms with Gasteiger partial charge in [-0.05, 0) is 18.6 Å². The average molecular weight is 259 g/mol. The predicted molar refractivity (Wildman–Crippen MR) is 67.1 cm³/mol. The van der Waals surface area contributed by atoms with Crippen LogP contribution in [0.4, 0.5) is 5.95 Å².